The van der Waals surface area contributed by atoms with E-state index in [1.54, 1.807) is 0 Å². The maximum Gasteiger partial charge on any atom is 0.305 e. The van der Waals surface area contributed by atoms with Gasteiger partial charge in [-0.3, -0.25) is 0 Å². The molecule has 0 saturated carbocycles. The minimum atomic E-state index is -1.56. The number of benzene rings is 1. The summed E-state index contributed by atoms with van der Waals surface area (Å²) in [5.74, 6) is -0.950. The van der Waals surface area contributed by atoms with E-state index in [0.717, 1.165) is 6.08 Å². The van der Waals surface area contributed by atoms with Gasteiger partial charge in [0.1, 0.15) is 29.8 Å². The SMILES string of the molecule is OC1=CC2[OH+]C(c3ccc(O)c(O)c3)=C(OC3OCC(O)C(O)C3O)C=C2C(O)=C1. The lowest BCUT2D eigenvalue weighted by atomic mass is 9.97. The van der Waals surface area contributed by atoms with Crippen LogP contribution in [0.25, 0.3) is 5.76 Å². The van der Waals surface area contributed by atoms with Gasteiger partial charge in [-0.25, -0.2) is 0 Å². The Morgan fingerprint density at radius 3 is 2.47 bits per heavy atom. The Labute approximate surface area is 170 Å². The van der Waals surface area contributed by atoms with Crippen LogP contribution in [0.1, 0.15) is 5.56 Å². The first-order valence-electron chi connectivity index (χ1n) is 9.08. The van der Waals surface area contributed by atoms with Crippen molar-refractivity contribution in [1.82, 2.24) is 0 Å². The molecule has 3 aliphatic rings. The molecule has 1 saturated heterocycles. The molecule has 2 heterocycles. The number of aliphatic hydroxyl groups is 7. The lowest BCUT2D eigenvalue weighted by molar-refractivity contribution is -0.257. The normalized spacial score (nSPS) is 31.2. The predicted octanol–water partition coefficient (Wildman–Crippen LogP) is -0.0440. The van der Waals surface area contributed by atoms with Gasteiger partial charge in [-0.15, -0.1) is 0 Å². The zero-order valence-corrected chi connectivity index (χ0v) is 15.5. The molecule has 0 amide bonds. The number of hydrogen-bond donors (Lipinski definition) is 7. The Morgan fingerprint density at radius 2 is 1.73 bits per heavy atom. The highest BCUT2D eigenvalue weighted by Gasteiger charge is 2.42. The number of rotatable bonds is 3. The Balaban J connectivity index is 1.75. The smallest absolute Gasteiger partial charge is 0.305 e. The van der Waals surface area contributed by atoms with Crippen molar-refractivity contribution < 1.29 is 50.0 Å². The third-order valence-electron chi connectivity index (χ3n) is 4.96. The van der Waals surface area contributed by atoms with Crippen LogP contribution in [0.15, 0.2) is 59.3 Å². The molecule has 0 aromatic heterocycles. The van der Waals surface area contributed by atoms with Crippen molar-refractivity contribution >= 4 is 5.76 Å². The molecule has 160 valence electrons. The fourth-order valence-corrected chi connectivity index (χ4v) is 3.34. The van der Waals surface area contributed by atoms with Crippen LogP contribution in [-0.2, 0) is 9.47 Å². The number of allylic oxidation sites excluding steroid dienone is 2. The molecule has 2 aliphatic heterocycles. The Bertz CT molecular complexity index is 976. The molecule has 4 rings (SSSR count). The molecule has 1 aromatic carbocycles. The van der Waals surface area contributed by atoms with Crippen LogP contribution in [0.4, 0.5) is 0 Å². The molecular weight excluding hydrogens is 400 g/mol. The lowest BCUT2D eigenvalue weighted by Crippen LogP contribution is -2.53. The number of aromatic hydroxyl groups is 2. The fraction of sp³-hybridized carbons (Fsp3) is 0.300. The molecule has 10 nitrogen and oxygen atoms in total. The molecule has 5 atom stereocenters. The quantitative estimate of drug-likeness (QED) is 0.261. The first-order valence-corrected chi connectivity index (χ1v) is 9.08. The standard InChI is InChI=1S/C20H20O10/c21-9-4-12(23)10-6-16(30-20-18(27)17(26)14(25)7-28-20)19(29-15(10)5-9)8-1-2-11(22)13(24)3-8/h1-6,14-15,17-18,20-27H,7H2/p+1. The molecular formula is C20H21O10+. The molecule has 10 heteroatoms. The van der Waals surface area contributed by atoms with Gasteiger partial charge >= 0.3 is 5.76 Å². The summed E-state index contributed by atoms with van der Waals surface area (Å²) in [6, 6.07) is 3.96. The zero-order valence-electron chi connectivity index (χ0n) is 15.5. The van der Waals surface area contributed by atoms with Crippen molar-refractivity contribution in [2.45, 2.75) is 30.7 Å². The average molecular weight is 421 g/mol. The summed E-state index contributed by atoms with van der Waals surface area (Å²) in [7, 11) is 0. The summed E-state index contributed by atoms with van der Waals surface area (Å²) >= 11 is 0. The Hall–Kier alpha value is -3.18. The number of phenols is 2. The van der Waals surface area contributed by atoms with Gasteiger partial charge in [-0.1, -0.05) is 0 Å². The van der Waals surface area contributed by atoms with E-state index >= 15 is 0 Å². The summed E-state index contributed by atoms with van der Waals surface area (Å²) in [6.07, 6.45) is -2.47. The maximum atomic E-state index is 10.2. The van der Waals surface area contributed by atoms with Gasteiger partial charge in [0, 0.05) is 18.2 Å². The van der Waals surface area contributed by atoms with Gasteiger partial charge < -0.3 is 50.0 Å². The second-order valence-electron chi connectivity index (χ2n) is 7.08. The highest BCUT2D eigenvalue weighted by Crippen LogP contribution is 2.37. The Morgan fingerprint density at radius 1 is 0.967 bits per heavy atom. The predicted molar refractivity (Wildman–Crippen MR) is 101 cm³/mol. The topological polar surface area (TPSA) is 173 Å². The average Bonchev–Trinajstić information content (AvgIpc) is 2.70. The van der Waals surface area contributed by atoms with E-state index in [1.807, 2.05) is 0 Å². The van der Waals surface area contributed by atoms with Crippen molar-refractivity contribution in [1.29, 1.82) is 0 Å². The largest absolute Gasteiger partial charge is 0.571 e. The third kappa shape index (κ3) is 3.57. The van der Waals surface area contributed by atoms with E-state index in [9.17, 15) is 35.7 Å². The van der Waals surface area contributed by atoms with E-state index in [2.05, 4.69) is 4.74 Å². The molecule has 0 radical (unpaired) electrons. The van der Waals surface area contributed by atoms with Crippen LogP contribution in [0, 0.1) is 0 Å². The summed E-state index contributed by atoms with van der Waals surface area (Å²) in [5, 5.41) is 69.1. The van der Waals surface area contributed by atoms with Crippen LogP contribution in [0.2, 0.25) is 0 Å². The second kappa shape index (κ2) is 7.58. The van der Waals surface area contributed by atoms with Gasteiger partial charge in [0.25, 0.3) is 0 Å². The van der Waals surface area contributed by atoms with Crippen LogP contribution >= 0.6 is 0 Å². The lowest BCUT2D eigenvalue weighted by Gasteiger charge is -2.36. The summed E-state index contributed by atoms with van der Waals surface area (Å²) in [4.78, 5) is 0. The number of phenolic OH excluding ortho intramolecular Hbond substituents is 2. The highest BCUT2D eigenvalue weighted by atomic mass is 16.7. The van der Waals surface area contributed by atoms with Crippen LogP contribution in [0.3, 0.4) is 0 Å². The minimum Gasteiger partial charge on any atom is -0.571 e. The Kier molecular flexibility index (Phi) is 5.08. The van der Waals surface area contributed by atoms with Crippen molar-refractivity contribution in [2.75, 3.05) is 6.61 Å². The molecule has 0 spiro atoms. The van der Waals surface area contributed by atoms with Crippen molar-refractivity contribution in [3.8, 4) is 11.5 Å². The summed E-state index contributed by atoms with van der Waals surface area (Å²) < 4.78 is 15.5. The molecule has 8 N–H and O–H groups in total. The molecule has 1 fully saturated rings. The van der Waals surface area contributed by atoms with E-state index < -0.39 is 36.5 Å². The summed E-state index contributed by atoms with van der Waals surface area (Å²) in [6.45, 7) is -0.274. The van der Waals surface area contributed by atoms with Gasteiger partial charge in [0.15, 0.2) is 11.5 Å². The third-order valence-corrected chi connectivity index (χ3v) is 4.96. The van der Waals surface area contributed by atoms with Gasteiger partial charge in [-0.2, -0.15) is 0 Å². The number of aliphatic hydroxyl groups excluding tert-OH is 5. The van der Waals surface area contributed by atoms with Gasteiger partial charge in [0.05, 0.1) is 23.8 Å². The fourth-order valence-electron chi connectivity index (χ4n) is 3.34. The van der Waals surface area contributed by atoms with Crippen LogP contribution in [0.5, 0.6) is 11.5 Å². The summed E-state index contributed by atoms with van der Waals surface area (Å²) in [5.41, 5.74) is 0.642. The number of ether oxygens (including phenoxy) is 3. The highest BCUT2D eigenvalue weighted by molar-refractivity contribution is 5.69. The maximum absolute atomic E-state index is 10.2. The second-order valence-corrected chi connectivity index (χ2v) is 7.08. The molecule has 1 aromatic rings. The molecule has 5 unspecified atom stereocenters. The monoisotopic (exact) mass is 421 g/mol. The zero-order chi connectivity index (χ0) is 21.6. The van der Waals surface area contributed by atoms with Crippen LogP contribution in [-0.4, -0.2) is 77.8 Å². The van der Waals surface area contributed by atoms with Gasteiger partial charge in [0.2, 0.25) is 18.2 Å². The van der Waals surface area contributed by atoms with E-state index in [-0.39, 0.29) is 35.4 Å². The minimum absolute atomic E-state index is 0.0359. The van der Waals surface area contributed by atoms with Crippen molar-refractivity contribution in [2.24, 2.45) is 0 Å². The molecule has 30 heavy (non-hydrogen) atoms. The number of hydrogen-bond acceptors (Lipinski definition) is 9. The van der Waals surface area contributed by atoms with E-state index in [1.165, 1.54) is 30.4 Å². The van der Waals surface area contributed by atoms with Crippen molar-refractivity contribution in [3.05, 3.63) is 64.8 Å². The van der Waals surface area contributed by atoms with Gasteiger partial charge in [-0.05, 0) is 12.1 Å². The van der Waals surface area contributed by atoms with Crippen LogP contribution < -0.4 is 0 Å². The van der Waals surface area contributed by atoms with E-state index in [0.29, 0.717) is 11.1 Å². The van der Waals surface area contributed by atoms with E-state index in [4.69, 9.17) is 9.47 Å². The first-order chi connectivity index (χ1) is 14.2. The van der Waals surface area contributed by atoms with Crippen molar-refractivity contribution in [3.63, 3.8) is 0 Å². The number of fused-ring (bicyclic) bond motifs is 1. The first kappa shape index (κ1) is 20.1. The molecule has 0 bridgehead atoms. The molecule has 1 aliphatic carbocycles.